The molecule has 1 aromatic heterocycles. The summed E-state index contributed by atoms with van der Waals surface area (Å²) in [7, 11) is 0. The molecule has 0 fully saturated rings. The third kappa shape index (κ3) is 3.92. The summed E-state index contributed by atoms with van der Waals surface area (Å²) in [5.74, 6) is -0.00105. The van der Waals surface area contributed by atoms with Crippen molar-refractivity contribution < 1.29 is 4.79 Å². The first kappa shape index (κ1) is 12.7. The molecule has 0 atom stereocenters. The van der Waals surface area contributed by atoms with E-state index in [1.807, 2.05) is 0 Å². The summed E-state index contributed by atoms with van der Waals surface area (Å²) >= 11 is 1.33. The lowest BCUT2D eigenvalue weighted by molar-refractivity contribution is -0.116. The third-order valence-electron chi connectivity index (χ3n) is 2.60. The van der Waals surface area contributed by atoms with Crippen LogP contribution >= 0.6 is 11.3 Å². The van der Waals surface area contributed by atoms with Crippen LogP contribution in [0.2, 0.25) is 0 Å². The predicted octanol–water partition coefficient (Wildman–Crippen LogP) is 2.81. The van der Waals surface area contributed by atoms with Gasteiger partial charge < -0.3 is 5.32 Å². The lowest BCUT2D eigenvalue weighted by atomic mass is 10.1. The molecule has 0 bridgehead atoms. The molecule has 18 heavy (non-hydrogen) atoms. The minimum absolute atomic E-state index is 0.00105. The van der Waals surface area contributed by atoms with E-state index in [2.05, 4.69) is 46.7 Å². The normalized spacial score (nSPS) is 10.3. The zero-order chi connectivity index (χ0) is 12.8. The highest BCUT2D eigenvalue weighted by Gasteiger charge is 2.04. The Morgan fingerprint density at radius 1 is 1.33 bits per heavy atom. The van der Waals surface area contributed by atoms with Crippen molar-refractivity contribution in [2.24, 2.45) is 0 Å². The highest BCUT2D eigenvalue weighted by molar-refractivity contribution is 7.13. The Labute approximate surface area is 110 Å². The van der Waals surface area contributed by atoms with Gasteiger partial charge in [-0.15, -0.1) is 10.2 Å². The number of amides is 1. The van der Waals surface area contributed by atoms with Crippen molar-refractivity contribution in [2.75, 3.05) is 5.32 Å². The first-order valence-electron chi connectivity index (χ1n) is 5.85. The number of hydrogen-bond acceptors (Lipinski definition) is 4. The zero-order valence-corrected chi connectivity index (χ0v) is 11.0. The summed E-state index contributed by atoms with van der Waals surface area (Å²) < 4.78 is 0. The Morgan fingerprint density at radius 2 is 2.11 bits per heavy atom. The predicted molar refractivity (Wildman–Crippen MR) is 72.7 cm³/mol. The number of rotatable bonds is 5. The minimum Gasteiger partial charge on any atom is -0.301 e. The van der Waals surface area contributed by atoms with Crippen molar-refractivity contribution in [3.63, 3.8) is 0 Å². The number of carbonyl (C=O) groups excluding carboxylic acids is 1. The van der Waals surface area contributed by atoms with E-state index in [-0.39, 0.29) is 5.91 Å². The van der Waals surface area contributed by atoms with Crippen LogP contribution in [-0.4, -0.2) is 16.1 Å². The molecular formula is C13H15N3OS. The molecule has 0 saturated carbocycles. The van der Waals surface area contributed by atoms with E-state index >= 15 is 0 Å². The molecule has 1 N–H and O–H groups in total. The van der Waals surface area contributed by atoms with Crippen LogP contribution in [0, 0.1) is 6.92 Å². The maximum absolute atomic E-state index is 11.6. The van der Waals surface area contributed by atoms with E-state index in [9.17, 15) is 4.79 Å². The standard InChI is InChI=1S/C13H15N3OS/c1-10-5-7-11(8-6-10)3-2-4-12(17)15-13-16-14-9-18-13/h5-9H,2-4H2,1H3,(H,15,16,17). The summed E-state index contributed by atoms with van der Waals surface area (Å²) in [6.45, 7) is 2.07. The average Bonchev–Trinajstić information content (AvgIpc) is 2.84. The molecule has 0 radical (unpaired) electrons. The molecule has 0 aliphatic carbocycles. The number of nitrogens with zero attached hydrogens (tertiary/aromatic N) is 2. The van der Waals surface area contributed by atoms with Gasteiger partial charge in [0.05, 0.1) is 0 Å². The fourth-order valence-electron chi connectivity index (χ4n) is 1.62. The number of carbonyl (C=O) groups is 1. The molecule has 5 heteroatoms. The van der Waals surface area contributed by atoms with Crippen LogP contribution in [0.4, 0.5) is 5.13 Å². The maximum Gasteiger partial charge on any atom is 0.226 e. The van der Waals surface area contributed by atoms with Crippen molar-refractivity contribution in [2.45, 2.75) is 26.2 Å². The van der Waals surface area contributed by atoms with E-state index in [1.54, 1.807) is 5.51 Å². The van der Waals surface area contributed by atoms with E-state index < -0.39 is 0 Å². The fourth-order valence-corrected chi connectivity index (χ4v) is 2.08. The van der Waals surface area contributed by atoms with Crippen molar-refractivity contribution in [1.82, 2.24) is 10.2 Å². The molecule has 2 rings (SSSR count). The molecular weight excluding hydrogens is 246 g/mol. The Morgan fingerprint density at radius 3 is 2.78 bits per heavy atom. The molecule has 0 unspecified atom stereocenters. The third-order valence-corrected chi connectivity index (χ3v) is 3.20. The Hall–Kier alpha value is -1.75. The number of benzene rings is 1. The summed E-state index contributed by atoms with van der Waals surface area (Å²) in [6.07, 6.45) is 2.27. The van der Waals surface area contributed by atoms with Gasteiger partial charge in [-0.1, -0.05) is 41.2 Å². The summed E-state index contributed by atoms with van der Waals surface area (Å²) in [6, 6.07) is 8.41. The molecule has 1 aromatic carbocycles. The summed E-state index contributed by atoms with van der Waals surface area (Å²) in [4.78, 5) is 11.6. The van der Waals surface area contributed by atoms with Gasteiger partial charge in [0.1, 0.15) is 5.51 Å². The molecule has 4 nitrogen and oxygen atoms in total. The number of anilines is 1. The van der Waals surface area contributed by atoms with Gasteiger partial charge in [0.15, 0.2) is 0 Å². The molecule has 1 heterocycles. The topological polar surface area (TPSA) is 54.9 Å². The van der Waals surface area contributed by atoms with E-state index in [1.165, 1.54) is 22.5 Å². The fraction of sp³-hybridized carbons (Fsp3) is 0.308. The molecule has 0 saturated heterocycles. The van der Waals surface area contributed by atoms with Crippen molar-refractivity contribution in [1.29, 1.82) is 0 Å². The van der Waals surface area contributed by atoms with E-state index in [4.69, 9.17) is 0 Å². The second-order valence-electron chi connectivity index (χ2n) is 4.13. The van der Waals surface area contributed by atoms with Crippen molar-refractivity contribution in [3.8, 4) is 0 Å². The first-order chi connectivity index (χ1) is 8.74. The smallest absolute Gasteiger partial charge is 0.226 e. The minimum atomic E-state index is -0.00105. The van der Waals surface area contributed by atoms with Gasteiger partial charge in [-0.25, -0.2) is 0 Å². The monoisotopic (exact) mass is 261 g/mol. The van der Waals surface area contributed by atoms with Gasteiger partial charge in [0.25, 0.3) is 0 Å². The highest BCUT2D eigenvalue weighted by Crippen LogP contribution is 2.10. The Balaban J connectivity index is 1.72. The van der Waals surface area contributed by atoms with Gasteiger partial charge in [0, 0.05) is 6.42 Å². The summed E-state index contributed by atoms with van der Waals surface area (Å²) in [5.41, 5.74) is 4.12. The second-order valence-corrected chi connectivity index (χ2v) is 4.96. The molecule has 1 amide bonds. The molecule has 2 aromatic rings. The summed E-state index contributed by atoms with van der Waals surface area (Å²) in [5, 5.41) is 10.7. The lowest BCUT2D eigenvalue weighted by Gasteiger charge is -2.02. The van der Waals surface area contributed by atoms with Crippen LogP contribution in [0.1, 0.15) is 24.0 Å². The Bertz CT molecular complexity index is 493. The molecule has 0 aliphatic rings. The van der Waals surface area contributed by atoms with Crippen LogP contribution in [0.5, 0.6) is 0 Å². The van der Waals surface area contributed by atoms with Gasteiger partial charge >= 0.3 is 0 Å². The SMILES string of the molecule is Cc1ccc(CCCC(=O)Nc2nncs2)cc1. The highest BCUT2D eigenvalue weighted by atomic mass is 32.1. The van der Waals surface area contributed by atoms with Crippen LogP contribution in [0.3, 0.4) is 0 Å². The first-order valence-corrected chi connectivity index (χ1v) is 6.73. The van der Waals surface area contributed by atoms with E-state index in [0.29, 0.717) is 11.6 Å². The van der Waals surface area contributed by atoms with Crippen molar-refractivity contribution >= 4 is 22.4 Å². The van der Waals surface area contributed by atoms with Gasteiger partial charge in [0.2, 0.25) is 11.0 Å². The Kier molecular flexibility index (Phi) is 4.41. The van der Waals surface area contributed by atoms with Gasteiger partial charge in [-0.2, -0.15) is 0 Å². The quantitative estimate of drug-likeness (QED) is 0.900. The number of aryl methyl sites for hydroxylation is 2. The second kappa shape index (κ2) is 6.26. The zero-order valence-electron chi connectivity index (χ0n) is 10.2. The molecule has 0 spiro atoms. The molecule has 0 aliphatic heterocycles. The van der Waals surface area contributed by atoms with Crippen LogP contribution in [-0.2, 0) is 11.2 Å². The van der Waals surface area contributed by atoms with Gasteiger partial charge in [-0.05, 0) is 25.3 Å². The van der Waals surface area contributed by atoms with Crippen molar-refractivity contribution in [3.05, 3.63) is 40.9 Å². The largest absolute Gasteiger partial charge is 0.301 e. The average molecular weight is 261 g/mol. The van der Waals surface area contributed by atoms with Crippen LogP contribution in [0.15, 0.2) is 29.8 Å². The van der Waals surface area contributed by atoms with Crippen LogP contribution < -0.4 is 5.32 Å². The van der Waals surface area contributed by atoms with Gasteiger partial charge in [-0.3, -0.25) is 4.79 Å². The van der Waals surface area contributed by atoms with Crippen LogP contribution in [0.25, 0.3) is 0 Å². The van der Waals surface area contributed by atoms with E-state index in [0.717, 1.165) is 12.8 Å². The number of hydrogen-bond donors (Lipinski definition) is 1. The number of aromatic nitrogens is 2. The maximum atomic E-state index is 11.6. The lowest BCUT2D eigenvalue weighted by Crippen LogP contribution is -2.11. The number of nitrogens with one attached hydrogen (secondary N) is 1. The molecule has 94 valence electrons.